The number of halogens is 1. The second-order valence-corrected chi connectivity index (χ2v) is 4.73. The monoisotopic (exact) mass is 446 g/mol. The van der Waals surface area contributed by atoms with E-state index in [1.807, 2.05) is 25.2 Å². The first-order valence-corrected chi connectivity index (χ1v) is 7.16. The zero-order chi connectivity index (χ0) is 16.7. The van der Waals surface area contributed by atoms with Crippen molar-refractivity contribution < 1.29 is 9.47 Å². The molecule has 0 aliphatic carbocycles. The van der Waals surface area contributed by atoms with E-state index in [-0.39, 0.29) is 24.0 Å². The molecule has 2 rings (SSSR count). The largest absolute Gasteiger partial charge is 0.493 e. The summed E-state index contributed by atoms with van der Waals surface area (Å²) in [5, 5.41) is 10.5. The van der Waals surface area contributed by atoms with Crippen molar-refractivity contribution >= 4 is 29.9 Å². The van der Waals surface area contributed by atoms with Crippen LogP contribution in [0.3, 0.4) is 0 Å². The van der Waals surface area contributed by atoms with E-state index >= 15 is 0 Å². The number of guanidine groups is 1. The number of rotatable bonds is 6. The van der Waals surface area contributed by atoms with Gasteiger partial charge in [0, 0.05) is 26.2 Å². The highest BCUT2D eigenvalue weighted by molar-refractivity contribution is 14.0. The number of methoxy groups -OCH3 is 2. The summed E-state index contributed by atoms with van der Waals surface area (Å²) >= 11 is 0. The number of aromatic nitrogens is 3. The molecule has 0 unspecified atom stereocenters. The minimum Gasteiger partial charge on any atom is -0.493 e. The molecule has 0 amide bonds. The van der Waals surface area contributed by atoms with Gasteiger partial charge in [-0.05, 0) is 6.07 Å². The summed E-state index contributed by atoms with van der Waals surface area (Å²) in [6, 6.07) is 5.77. The second-order valence-electron chi connectivity index (χ2n) is 4.73. The van der Waals surface area contributed by atoms with Gasteiger partial charge in [0.2, 0.25) is 0 Å². The van der Waals surface area contributed by atoms with Crippen LogP contribution in [0.1, 0.15) is 11.4 Å². The Labute approximate surface area is 158 Å². The quantitative estimate of drug-likeness (QED) is 0.396. The summed E-state index contributed by atoms with van der Waals surface area (Å²) in [7, 11) is 6.81. The summed E-state index contributed by atoms with van der Waals surface area (Å²) < 4.78 is 12.4. The Hall–Kier alpha value is -2.04. The molecule has 2 aromatic rings. The average Bonchev–Trinajstić information content (AvgIpc) is 2.99. The van der Waals surface area contributed by atoms with Crippen molar-refractivity contribution in [3.8, 4) is 11.5 Å². The number of hydrogen-bond acceptors (Lipinski definition) is 5. The fraction of sp³-hybridized carbons (Fsp3) is 0.400. The molecular weight excluding hydrogens is 423 g/mol. The summed E-state index contributed by atoms with van der Waals surface area (Å²) in [6.45, 7) is 1.09. The summed E-state index contributed by atoms with van der Waals surface area (Å²) in [5.74, 6) is 2.91. The Balaban J connectivity index is 0.00000288. The number of nitrogens with zero attached hydrogens (tertiary/aromatic N) is 4. The van der Waals surface area contributed by atoms with E-state index in [1.54, 1.807) is 25.9 Å². The summed E-state index contributed by atoms with van der Waals surface area (Å²) in [5.41, 5.74) is 0.980. The molecule has 0 atom stereocenters. The van der Waals surface area contributed by atoms with E-state index in [0.717, 1.165) is 11.4 Å². The van der Waals surface area contributed by atoms with Crippen molar-refractivity contribution in [3.05, 3.63) is 35.9 Å². The van der Waals surface area contributed by atoms with Gasteiger partial charge in [0.05, 0.1) is 20.8 Å². The molecule has 1 aromatic carbocycles. The molecule has 24 heavy (non-hydrogen) atoms. The van der Waals surface area contributed by atoms with E-state index in [0.29, 0.717) is 30.5 Å². The molecule has 0 spiro atoms. The molecule has 8 nitrogen and oxygen atoms in total. The van der Waals surface area contributed by atoms with Crippen molar-refractivity contribution in [2.24, 2.45) is 12.0 Å². The van der Waals surface area contributed by atoms with E-state index in [4.69, 9.17) is 9.47 Å². The second kappa shape index (κ2) is 9.96. The maximum atomic E-state index is 5.42. The molecular formula is C15H23IN6O2. The minimum atomic E-state index is 0. The molecule has 0 aliphatic rings. The molecule has 0 saturated carbocycles. The van der Waals surface area contributed by atoms with Crippen LogP contribution in [0.5, 0.6) is 11.5 Å². The van der Waals surface area contributed by atoms with Crippen LogP contribution in [0.25, 0.3) is 0 Å². The first kappa shape index (κ1) is 20.0. The van der Waals surface area contributed by atoms with E-state index in [9.17, 15) is 0 Å². The SMILES string of the molecule is CN=C(NCc1cccc(OC)c1OC)NCc1ncnn1C.I. The van der Waals surface area contributed by atoms with E-state index in [1.165, 1.54) is 6.33 Å². The molecule has 9 heteroatoms. The van der Waals surface area contributed by atoms with Gasteiger partial charge in [0.25, 0.3) is 0 Å². The van der Waals surface area contributed by atoms with Gasteiger partial charge in [-0.15, -0.1) is 24.0 Å². The number of nitrogens with one attached hydrogen (secondary N) is 2. The van der Waals surface area contributed by atoms with Crippen molar-refractivity contribution in [2.75, 3.05) is 21.3 Å². The zero-order valence-corrected chi connectivity index (χ0v) is 16.6. The van der Waals surface area contributed by atoms with Crippen LogP contribution in [0.2, 0.25) is 0 Å². The fourth-order valence-electron chi connectivity index (χ4n) is 2.14. The van der Waals surface area contributed by atoms with Gasteiger partial charge < -0.3 is 20.1 Å². The van der Waals surface area contributed by atoms with Gasteiger partial charge in [0.15, 0.2) is 17.5 Å². The summed E-state index contributed by atoms with van der Waals surface area (Å²) in [4.78, 5) is 8.36. The molecule has 2 N–H and O–H groups in total. The molecule has 0 bridgehead atoms. The number of aliphatic imine (C=N–C) groups is 1. The van der Waals surface area contributed by atoms with Crippen molar-refractivity contribution in [2.45, 2.75) is 13.1 Å². The smallest absolute Gasteiger partial charge is 0.191 e. The first-order chi connectivity index (χ1) is 11.2. The summed E-state index contributed by atoms with van der Waals surface area (Å²) in [6.07, 6.45) is 1.52. The van der Waals surface area contributed by atoms with Gasteiger partial charge in [-0.3, -0.25) is 9.67 Å². The van der Waals surface area contributed by atoms with Crippen LogP contribution in [0.4, 0.5) is 0 Å². The topological polar surface area (TPSA) is 85.6 Å². The average molecular weight is 446 g/mol. The van der Waals surface area contributed by atoms with Gasteiger partial charge in [-0.25, -0.2) is 4.98 Å². The Kier molecular flexibility index (Phi) is 8.30. The van der Waals surface area contributed by atoms with Crippen LogP contribution in [-0.4, -0.2) is 42.0 Å². The molecule has 0 fully saturated rings. The molecule has 1 aromatic heterocycles. The molecule has 1 heterocycles. The lowest BCUT2D eigenvalue weighted by molar-refractivity contribution is 0.351. The number of hydrogen-bond donors (Lipinski definition) is 2. The predicted octanol–water partition coefficient (Wildman–Crippen LogP) is 1.32. The van der Waals surface area contributed by atoms with E-state index in [2.05, 4.69) is 25.7 Å². The lowest BCUT2D eigenvalue weighted by Crippen LogP contribution is -2.37. The maximum Gasteiger partial charge on any atom is 0.191 e. The zero-order valence-electron chi connectivity index (χ0n) is 14.2. The fourth-order valence-corrected chi connectivity index (χ4v) is 2.14. The third-order valence-electron chi connectivity index (χ3n) is 3.37. The number of aryl methyl sites for hydroxylation is 1. The highest BCUT2D eigenvalue weighted by Crippen LogP contribution is 2.30. The van der Waals surface area contributed by atoms with Crippen LogP contribution in [0, 0.1) is 0 Å². The number of para-hydroxylation sites is 1. The predicted molar refractivity (Wildman–Crippen MR) is 103 cm³/mol. The van der Waals surface area contributed by atoms with Crippen LogP contribution in [-0.2, 0) is 20.1 Å². The van der Waals surface area contributed by atoms with Gasteiger partial charge in [-0.1, -0.05) is 12.1 Å². The van der Waals surface area contributed by atoms with Crippen molar-refractivity contribution in [3.63, 3.8) is 0 Å². The minimum absolute atomic E-state index is 0. The third kappa shape index (κ3) is 4.98. The van der Waals surface area contributed by atoms with Crippen molar-refractivity contribution in [1.82, 2.24) is 25.4 Å². The Morgan fingerprint density at radius 1 is 1.21 bits per heavy atom. The van der Waals surface area contributed by atoms with Crippen LogP contribution < -0.4 is 20.1 Å². The van der Waals surface area contributed by atoms with Crippen molar-refractivity contribution in [1.29, 1.82) is 0 Å². The molecule has 0 radical (unpaired) electrons. The highest BCUT2D eigenvalue weighted by atomic mass is 127. The lowest BCUT2D eigenvalue weighted by Gasteiger charge is -2.15. The Morgan fingerprint density at radius 3 is 2.54 bits per heavy atom. The first-order valence-electron chi connectivity index (χ1n) is 7.16. The number of ether oxygens (including phenoxy) is 2. The Morgan fingerprint density at radius 2 is 1.96 bits per heavy atom. The van der Waals surface area contributed by atoms with Gasteiger partial charge in [-0.2, -0.15) is 5.10 Å². The molecule has 0 aliphatic heterocycles. The lowest BCUT2D eigenvalue weighted by atomic mass is 10.2. The Bertz CT molecular complexity index is 674. The van der Waals surface area contributed by atoms with E-state index < -0.39 is 0 Å². The maximum absolute atomic E-state index is 5.42. The van der Waals surface area contributed by atoms with Gasteiger partial charge in [0.1, 0.15) is 12.2 Å². The number of benzene rings is 1. The molecule has 132 valence electrons. The van der Waals surface area contributed by atoms with Crippen LogP contribution >= 0.6 is 24.0 Å². The van der Waals surface area contributed by atoms with Crippen LogP contribution in [0.15, 0.2) is 29.5 Å². The van der Waals surface area contributed by atoms with Gasteiger partial charge >= 0.3 is 0 Å². The highest BCUT2D eigenvalue weighted by Gasteiger charge is 2.10. The standard InChI is InChI=1S/C15H22N6O2.HI/c1-16-15(18-9-13-19-10-20-21(13)2)17-8-11-6-5-7-12(22-3)14(11)23-4;/h5-7,10H,8-9H2,1-4H3,(H2,16,17,18);1H. The molecule has 0 saturated heterocycles. The normalized spacial score (nSPS) is 10.8. The third-order valence-corrected chi connectivity index (χ3v) is 3.37.